The number of unbranched alkanes of at least 4 members (excludes halogenated alkanes) is 1. The highest BCUT2D eigenvalue weighted by Crippen LogP contribution is 2.24. The van der Waals surface area contributed by atoms with Crippen LogP contribution in [0.5, 0.6) is 5.75 Å². The van der Waals surface area contributed by atoms with Crippen molar-refractivity contribution in [2.75, 3.05) is 13.7 Å². The SMILES string of the molecule is CCCC[C@]1(C)NC(=O)N(CC(=O)OCc2cc(=O)oc3cc(OC)ccc23)C1=O. The standard InChI is InChI=1S/C21H24N2O7/c1-4-5-8-21(2)19(26)23(20(27)22-21)11-18(25)29-12-13-9-17(24)30-16-10-14(28-3)6-7-15(13)16/h6-7,9-10H,4-5,8,11-12H2,1-3H3,(H,22,27)/t21-/m0/s1. The van der Waals surface area contributed by atoms with Crippen molar-refractivity contribution >= 4 is 28.9 Å². The van der Waals surface area contributed by atoms with Gasteiger partial charge in [-0.1, -0.05) is 19.8 Å². The van der Waals surface area contributed by atoms with E-state index in [1.165, 1.54) is 13.2 Å². The molecule has 0 radical (unpaired) electrons. The van der Waals surface area contributed by atoms with Crippen molar-refractivity contribution in [2.45, 2.75) is 45.3 Å². The highest BCUT2D eigenvalue weighted by atomic mass is 16.5. The van der Waals surface area contributed by atoms with E-state index in [1.54, 1.807) is 25.1 Å². The minimum absolute atomic E-state index is 0.204. The van der Waals surface area contributed by atoms with Crippen molar-refractivity contribution in [3.8, 4) is 5.75 Å². The van der Waals surface area contributed by atoms with Gasteiger partial charge in [0.2, 0.25) is 0 Å². The molecule has 3 amide bonds. The first kappa shape index (κ1) is 21.4. The first-order chi connectivity index (χ1) is 14.3. The Morgan fingerprint density at radius 2 is 2.00 bits per heavy atom. The lowest BCUT2D eigenvalue weighted by atomic mass is 9.95. The number of methoxy groups -OCH3 is 1. The van der Waals surface area contributed by atoms with Crippen LogP contribution in [0.4, 0.5) is 4.79 Å². The molecule has 1 aromatic heterocycles. The van der Waals surface area contributed by atoms with E-state index in [2.05, 4.69) is 5.32 Å². The van der Waals surface area contributed by atoms with Gasteiger partial charge in [0.1, 0.15) is 30.0 Å². The second-order valence-corrected chi connectivity index (χ2v) is 7.37. The fraction of sp³-hybridized carbons (Fsp3) is 0.429. The van der Waals surface area contributed by atoms with Gasteiger partial charge in [0, 0.05) is 23.1 Å². The number of imide groups is 1. The van der Waals surface area contributed by atoms with Crippen molar-refractivity contribution in [3.05, 3.63) is 40.2 Å². The van der Waals surface area contributed by atoms with Crippen molar-refractivity contribution in [2.24, 2.45) is 0 Å². The Morgan fingerprint density at radius 3 is 2.70 bits per heavy atom. The molecule has 160 valence electrons. The van der Waals surface area contributed by atoms with Gasteiger partial charge < -0.3 is 19.2 Å². The largest absolute Gasteiger partial charge is 0.497 e. The summed E-state index contributed by atoms with van der Waals surface area (Å²) in [6, 6.07) is 5.56. The summed E-state index contributed by atoms with van der Waals surface area (Å²) in [4.78, 5) is 49.7. The van der Waals surface area contributed by atoms with Gasteiger partial charge in [0.25, 0.3) is 5.91 Å². The minimum atomic E-state index is -1.01. The van der Waals surface area contributed by atoms with Crippen molar-refractivity contribution < 1.29 is 28.3 Å². The molecule has 1 N–H and O–H groups in total. The maximum absolute atomic E-state index is 12.6. The number of urea groups is 1. The fourth-order valence-corrected chi connectivity index (χ4v) is 3.38. The summed E-state index contributed by atoms with van der Waals surface area (Å²) in [6.45, 7) is 2.94. The summed E-state index contributed by atoms with van der Waals surface area (Å²) in [7, 11) is 1.49. The summed E-state index contributed by atoms with van der Waals surface area (Å²) < 4.78 is 15.5. The molecule has 0 spiro atoms. The van der Waals surface area contributed by atoms with Crippen LogP contribution < -0.4 is 15.7 Å². The molecule has 9 nitrogen and oxygen atoms in total. The number of hydrogen-bond acceptors (Lipinski definition) is 7. The number of hydrogen-bond donors (Lipinski definition) is 1. The lowest BCUT2D eigenvalue weighted by Crippen LogP contribution is -2.44. The summed E-state index contributed by atoms with van der Waals surface area (Å²) >= 11 is 0. The van der Waals surface area contributed by atoms with E-state index >= 15 is 0 Å². The van der Waals surface area contributed by atoms with Crippen LogP contribution in [0, 0.1) is 0 Å². The van der Waals surface area contributed by atoms with E-state index < -0.39 is 35.6 Å². The Kier molecular flexibility index (Phi) is 6.09. The van der Waals surface area contributed by atoms with Gasteiger partial charge in [0.15, 0.2) is 0 Å². The number of ether oxygens (including phenoxy) is 2. The number of nitrogens with zero attached hydrogens (tertiary/aromatic N) is 1. The molecular formula is C21H24N2O7. The summed E-state index contributed by atoms with van der Waals surface area (Å²) in [6.07, 6.45) is 2.15. The lowest BCUT2D eigenvalue weighted by Gasteiger charge is -2.21. The van der Waals surface area contributed by atoms with Gasteiger partial charge >= 0.3 is 17.6 Å². The predicted octanol–water partition coefficient (Wildman–Crippen LogP) is 2.35. The number of carbonyl (C=O) groups excluding carboxylic acids is 3. The number of carbonyl (C=O) groups is 3. The number of esters is 1. The Labute approximate surface area is 172 Å². The molecule has 2 aromatic rings. The third-order valence-electron chi connectivity index (χ3n) is 5.09. The number of benzene rings is 1. The Bertz CT molecular complexity index is 1050. The van der Waals surface area contributed by atoms with E-state index in [1.807, 2.05) is 6.92 Å². The molecule has 1 aromatic carbocycles. The van der Waals surface area contributed by atoms with Crippen LogP contribution in [0.25, 0.3) is 11.0 Å². The third kappa shape index (κ3) is 4.29. The second kappa shape index (κ2) is 8.56. The van der Waals surface area contributed by atoms with Crippen molar-refractivity contribution in [1.29, 1.82) is 0 Å². The van der Waals surface area contributed by atoms with Crippen molar-refractivity contribution in [3.63, 3.8) is 0 Å². The minimum Gasteiger partial charge on any atom is -0.497 e. The van der Waals surface area contributed by atoms with Crippen LogP contribution in [0.3, 0.4) is 0 Å². The van der Waals surface area contributed by atoms with E-state index in [0.29, 0.717) is 28.7 Å². The molecule has 0 saturated carbocycles. The predicted molar refractivity (Wildman–Crippen MR) is 107 cm³/mol. The number of fused-ring (bicyclic) bond motifs is 1. The first-order valence-electron chi connectivity index (χ1n) is 9.68. The van der Waals surface area contributed by atoms with Gasteiger partial charge in [0.05, 0.1) is 7.11 Å². The summed E-state index contributed by atoms with van der Waals surface area (Å²) in [5.41, 5.74) is -0.861. The monoisotopic (exact) mass is 416 g/mol. The average molecular weight is 416 g/mol. The molecule has 1 saturated heterocycles. The van der Waals surface area contributed by atoms with Gasteiger partial charge in [-0.3, -0.25) is 14.5 Å². The maximum atomic E-state index is 12.6. The molecule has 1 fully saturated rings. The average Bonchev–Trinajstić information content (AvgIpc) is 2.93. The Morgan fingerprint density at radius 1 is 1.23 bits per heavy atom. The van der Waals surface area contributed by atoms with Crippen LogP contribution >= 0.6 is 0 Å². The molecule has 0 bridgehead atoms. The highest BCUT2D eigenvalue weighted by Gasteiger charge is 2.47. The number of rotatable bonds is 8. The molecule has 9 heteroatoms. The third-order valence-corrected chi connectivity index (χ3v) is 5.09. The van der Waals surface area contributed by atoms with Gasteiger partial charge in [-0.15, -0.1) is 0 Å². The highest BCUT2D eigenvalue weighted by molar-refractivity contribution is 6.08. The number of nitrogens with one attached hydrogen (secondary N) is 1. The van der Waals surface area contributed by atoms with E-state index in [0.717, 1.165) is 17.7 Å². The molecular weight excluding hydrogens is 392 g/mol. The smallest absolute Gasteiger partial charge is 0.336 e. The number of amides is 3. The lowest BCUT2D eigenvalue weighted by molar-refractivity contribution is -0.148. The zero-order valence-corrected chi connectivity index (χ0v) is 17.1. The quantitative estimate of drug-likeness (QED) is 0.399. The van der Waals surface area contributed by atoms with E-state index in [9.17, 15) is 19.2 Å². The summed E-state index contributed by atoms with van der Waals surface area (Å²) in [5.74, 6) is -0.687. The van der Waals surface area contributed by atoms with Crippen LogP contribution in [0.1, 0.15) is 38.7 Å². The normalized spacial score (nSPS) is 18.6. The van der Waals surface area contributed by atoms with Gasteiger partial charge in [-0.2, -0.15) is 0 Å². The van der Waals surface area contributed by atoms with Crippen LogP contribution in [0.2, 0.25) is 0 Å². The summed E-state index contributed by atoms with van der Waals surface area (Å²) in [5, 5.41) is 3.24. The molecule has 1 atom stereocenters. The first-order valence-corrected chi connectivity index (χ1v) is 9.68. The molecule has 2 heterocycles. The van der Waals surface area contributed by atoms with Crippen LogP contribution in [-0.4, -0.2) is 42.0 Å². The maximum Gasteiger partial charge on any atom is 0.336 e. The van der Waals surface area contributed by atoms with E-state index in [4.69, 9.17) is 13.9 Å². The van der Waals surface area contributed by atoms with Gasteiger partial charge in [-0.25, -0.2) is 9.59 Å². The van der Waals surface area contributed by atoms with Crippen LogP contribution in [0.15, 0.2) is 33.5 Å². The van der Waals surface area contributed by atoms with E-state index in [-0.39, 0.29) is 6.61 Å². The van der Waals surface area contributed by atoms with Crippen molar-refractivity contribution in [1.82, 2.24) is 10.2 Å². The molecule has 1 aliphatic heterocycles. The zero-order chi connectivity index (χ0) is 21.9. The van der Waals surface area contributed by atoms with Gasteiger partial charge in [-0.05, 0) is 25.5 Å². The topological polar surface area (TPSA) is 115 Å². The molecule has 0 aliphatic carbocycles. The Balaban J connectivity index is 1.69. The molecule has 1 aliphatic rings. The molecule has 3 rings (SSSR count). The second-order valence-electron chi connectivity index (χ2n) is 7.37. The molecule has 30 heavy (non-hydrogen) atoms. The zero-order valence-electron chi connectivity index (χ0n) is 17.1. The Hall–Kier alpha value is -3.36. The fourth-order valence-electron chi connectivity index (χ4n) is 3.38. The molecule has 0 unspecified atom stereocenters. The van der Waals surface area contributed by atoms with Crippen LogP contribution in [-0.2, 0) is 20.9 Å².